The molecule has 18 heavy (non-hydrogen) atoms. The van der Waals surface area contributed by atoms with E-state index >= 15 is 0 Å². The number of likely N-dealkylation sites (tertiary alicyclic amines) is 1. The van der Waals surface area contributed by atoms with E-state index in [-0.39, 0.29) is 17.7 Å². The van der Waals surface area contributed by atoms with Crippen molar-refractivity contribution in [2.75, 3.05) is 19.7 Å². The fraction of sp³-hybridized carbons (Fsp3) is 0.923. The maximum atomic E-state index is 12.0. The van der Waals surface area contributed by atoms with E-state index in [0.717, 1.165) is 25.9 Å². The van der Waals surface area contributed by atoms with Gasteiger partial charge in [-0.25, -0.2) is 4.79 Å². The van der Waals surface area contributed by atoms with Crippen LogP contribution in [-0.2, 0) is 9.47 Å². The molecule has 0 radical (unpaired) electrons. The van der Waals surface area contributed by atoms with Crippen molar-refractivity contribution in [3.63, 3.8) is 0 Å². The summed E-state index contributed by atoms with van der Waals surface area (Å²) in [6, 6.07) is 0.0266. The zero-order valence-electron chi connectivity index (χ0n) is 11.6. The van der Waals surface area contributed by atoms with Gasteiger partial charge in [-0.15, -0.1) is 0 Å². The summed E-state index contributed by atoms with van der Waals surface area (Å²) in [6.45, 7) is 7.60. The summed E-state index contributed by atoms with van der Waals surface area (Å²) in [7, 11) is 0. The van der Waals surface area contributed by atoms with Gasteiger partial charge in [-0.1, -0.05) is 0 Å². The second-order valence-electron chi connectivity index (χ2n) is 6.31. The molecule has 2 N–H and O–H groups in total. The van der Waals surface area contributed by atoms with Gasteiger partial charge in [0.05, 0.1) is 6.54 Å². The second-order valence-corrected chi connectivity index (χ2v) is 6.31. The van der Waals surface area contributed by atoms with Crippen molar-refractivity contribution >= 4 is 6.09 Å². The molecule has 2 atom stereocenters. The summed E-state index contributed by atoms with van der Waals surface area (Å²) in [5.74, 6) is 0. The summed E-state index contributed by atoms with van der Waals surface area (Å²) < 4.78 is 11.3. The first-order valence-corrected chi connectivity index (χ1v) is 6.70. The van der Waals surface area contributed by atoms with Gasteiger partial charge in [0, 0.05) is 19.2 Å². The van der Waals surface area contributed by atoms with Gasteiger partial charge in [0.2, 0.25) is 0 Å². The van der Waals surface area contributed by atoms with Crippen LogP contribution < -0.4 is 5.73 Å². The lowest BCUT2D eigenvalue weighted by Crippen LogP contribution is -2.55. The van der Waals surface area contributed by atoms with Crippen molar-refractivity contribution in [3.05, 3.63) is 0 Å². The van der Waals surface area contributed by atoms with Crippen molar-refractivity contribution in [1.29, 1.82) is 0 Å². The summed E-state index contributed by atoms with van der Waals surface area (Å²) in [4.78, 5) is 13.7. The van der Waals surface area contributed by atoms with Gasteiger partial charge < -0.3 is 20.1 Å². The highest BCUT2D eigenvalue weighted by Gasteiger charge is 2.47. The average molecular weight is 256 g/mol. The molecular formula is C13H24N2O3. The molecule has 0 aliphatic carbocycles. The average Bonchev–Trinajstić information content (AvgIpc) is 2.66. The Hall–Kier alpha value is -0.810. The van der Waals surface area contributed by atoms with Crippen molar-refractivity contribution in [2.24, 2.45) is 5.73 Å². The minimum Gasteiger partial charge on any atom is -0.444 e. The molecule has 0 bridgehead atoms. The van der Waals surface area contributed by atoms with Crippen LogP contribution in [0.25, 0.3) is 0 Å². The molecule has 0 aromatic rings. The van der Waals surface area contributed by atoms with E-state index in [2.05, 4.69) is 0 Å². The van der Waals surface area contributed by atoms with Crippen LogP contribution in [0, 0.1) is 0 Å². The fourth-order valence-corrected chi connectivity index (χ4v) is 2.66. The lowest BCUT2D eigenvalue weighted by atomic mass is 9.88. The Labute approximate surface area is 109 Å². The van der Waals surface area contributed by atoms with Crippen LogP contribution in [0.4, 0.5) is 4.79 Å². The topological polar surface area (TPSA) is 64.8 Å². The van der Waals surface area contributed by atoms with Gasteiger partial charge in [-0.3, -0.25) is 0 Å². The molecule has 2 saturated heterocycles. The van der Waals surface area contributed by atoms with E-state index in [1.54, 1.807) is 4.90 Å². The first-order valence-electron chi connectivity index (χ1n) is 6.70. The predicted octanol–water partition coefficient (Wildman–Crippen LogP) is 1.50. The first-order chi connectivity index (χ1) is 8.32. The number of hydrogen-bond donors (Lipinski definition) is 1. The standard InChI is InChI=1S/C13H24N2O3/c1-12(2,3)18-11(16)15-7-6-13(9-15)10(14)5-4-8-17-13/h10H,4-9,14H2,1-3H3. The smallest absolute Gasteiger partial charge is 0.410 e. The molecule has 1 amide bonds. The molecule has 2 fully saturated rings. The number of carbonyl (C=O) groups excluding carboxylic acids is 1. The van der Waals surface area contributed by atoms with E-state index in [1.807, 2.05) is 20.8 Å². The van der Waals surface area contributed by atoms with Gasteiger partial charge in [-0.2, -0.15) is 0 Å². The van der Waals surface area contributed by atoms with Crippen LogP contribution in [-0.4, -0.2) is 47.9 Å². The lowest BCUT2D eigenvalue weighted by Gasteiger charge is -2.39. The Bertz CT molecular complexity index is 327. The molecule has 1 spiro atoms. The summed E-state index contributed by atoms with van der Waals surface area (Å²) >= 11 is 0. The van der Waals surface area contributed by atoms with E-state index in [4.69, 9.17) is 15.2 Å². The second kappa shape index (κ2) is 4.70. The number of rotatable bonds is 0. The molecule has 5 heteroatoms. The third-order valence-corrected chi connectivity index (χ3v) is 3.64. The SMILES string of the molecule is CC(C)(C)OC(=O)N1CCC2(C1)OCCCC2N. The normalized spacial score (nSPS) is 32.9. The number of nitrogens with two attached hydrogens (primary N) is 1. The maximum absolute atomic E-state index is 12.0. The molecule has 5 nitrogen and oxygen atoms in total. The van der Waals surface area contributed by atoms with Crippen LogP contribution in [0.2, 0.25) is 0 Å². The molecule has 2 rings (SSSR count). The number of nitrogens with zero attached hydrogens (tertiary/aromatic N) is 1. The van der Waals surface area contributed by atoms with Crippen molar-refractivity contribution in [2.45, 2.75) is 57.3 Å². The summed E-state index contributed by atoms with van der Waals surface area (Å²) in [5, 5.41) is 0. The van der Waals surface area contributed by atoms with Gasteiger partial charge in [-0.05, 0) is 40.0 Å². The Morgan fingerprint density at radius 3 is 2.83 bits per heavy atom. The van der Waals surface area contributed by atoms with E-state index in [1.165, 1.54) is 0 Å². The number of ether oxygens (including phenoxy) is 2. The first kappa shape index (κ1) is 13.6. The van der Waals surface area contributed by atoms with E-state index < -0.39 is 5.60 Å². The Morgan fingerprint density at radius 1 is 1.50 bits per heavy atom. The number of carbonyl (C=O) groups is 1. The quantitative estimate of drug-likeness (QED) is 0.713. The zero-order chi connectivity index (χ0) is 13.4. The Balaban J connectivity index is 1.97. The highest BCUT2D eigenvalue weighted by Crippen LogP contribution is 2.33. The van der Waals surface area contributed by atoms with E-state index in [0.29, 0.717) is 13.1 Å². The molecule has 0 aromatic heterocycles. The Kier molecular flexibility index (Phi) is 3.56. The summed E-state index contributed by atoms with van der Waals surface area (Å²) in [5.41, 5.74) is 5.37. The molecule has 0 saturated carbocycles. The van der Waals surface area contributed by atoms with Crippen LogP contribution in [0.1, 0.15) is 40.0 Å². The highest BCUT2D eigenvalue weighted by molar-refractivity contribution is 5.68. The molecule has 2 aliphatic rings. The van der Waals surface area contributed by atoms with Crippen LogP contribution in [0.5, 0.6) is 0 Å². The predicted molar refractivity (Wildman–Crippen MR) is 68.3 cm³/mol. The highest BCUT2D eigenvalue weighted by atomic mass is 16.6. The van der Waals surface area contributed by atoms with Gasteiger partial charge >= 0.3 is 6.09 Å². The van der Waals surface area contributed by atoms with Crippen LogP contribution in [0.15, 0.2) is 0 Å². The lowest BCUT2D eigenvalue weighted by molar-refractivity contribution is -0.0835. The summed E-state index contributed by atoms with van der Waals surface area (Å²) in [6.07, 6.45) is 2.53. The van der Waals surface area contributed by atoms with Crippen molar-refractivity contribution in [1.82, 2.24) is 4.90 Å². The van der Waals surface area contributed by atoms with Gasteiger partial charge in [0.1, 0.15) is 11.2 Å². The molecule has 0 aromatic carbocycles. The molecule has 104 valence electrons. The minimum atomic E-state index is -0.456. The molecular weight excluding hydrogens is 232 g/mol. The minimum absolute atomic E-state index is 0.0266. The largest absolute Gasteiger partial charge is 0.444 e. The third-order valence-electron chi connectivity index (χ3n) is 3.64. The maximum Gasteiger partial charge on any atom is 0.410 e. The van der Waals surface area contributed by atoms with Gasteiger partial charge in [0.25, 0.3) is 0 Å². The molecule has 2 unspecified atom stereocenters. The van der Waals surface area contributed by atoms with Crippen molar-refractivity contribution < 1.29 is 14.3 Å². The van der Waals surface area contributed by atoms with Crippen molar-refractivity contribution in [3.8, 4) is 0 Å². The third kappa shape index (κ3) is 2.78. The van der Waals surface area contributed by atoms with E-state index in [9.17, 15) is 4.79 Å². The molecule has 2 heterocycles. The van der Waals surface area contributed by atoms with Gasteiger partial charge in [0.15, 0.2) is 0 Å². The number of hydrogen-bond acceptors (Lipinski definition) is 4. The number of amides is 1. The Morgan fingerprint density at radius 2 is 2.22 bits per heavy atom. The molecule has 2 aliphatic heterocycles. The van der Waals surface area contributed by atoms with Crippen LogP contribution in [0.3, 0.4) is 0 Å². The monoisotopic (exact) mass is 256 g/mol. The zero-order valence-corrected chi connectivity index (χ0v) is 11.6. The fourth-order valence-electron chi connectivity index (χ4n) is 2.66. The van der Waals surface area contributed by atoms with Crippen LogP contribution >= 0.6 is 0 Å².